The van der Waals surface area contributed by atoms with Crippen LogP contribution in [-0.2, 0) is 16.1 Å². The molecule has 96 valence electrons. The van der Waals surface area contributed by atoms with E-state index in [-0.39, 0.29) is 5.97 Å². The van der Waals surface area contributed by atoms with Crippen LogP contribution >= 0.6 is 0 Å². The Kier molecular flexibility index (Phi) is 3.19. The first-order valence-electron chi connectivity index (χ1n) is 6.47. The molecule has 4 nitrogen and oxygen atoms in total. The quantitative estimate of drug-likeness (QED) is 0.803. The highest BCUT2D eigenvalue weighted by Gasteiger charge is 2.28. The summed E-state index contributed by atoms with van der Waals surface area (Å²) in [4.78, 5) is 11.3. The fourth-order valence-corrected chi connectivity index (χ4v) is 2.03. The predicted octanol–water partition coefficient (Wildman–Crippen LogP) is 1.63. The van der Waals surface area contributed by atoms with Gasteiger partial charge in [0.2, 0.25) is 0 Å². The van der Waals surface area contributed by atoms with Gasteiger partial charge < -0.3 is 14.8 Å². The summed E-state index contributed by atoms with van der Waals surface area (Å²) in [5.41, 5.74) is 1.19. The smallest absolute Gasteiger partial charge is 0.347 e. The Balaban J connectivity index is 1.60. The zero-order chi connectivity index (χ0) is 12.4. The second-order valence-electron chi connectivity index (χ2n) is 4.87. The van der Waals surface area contributed by atoms with Gasteiger partial charge in [-0.1, -0.05) is 12.1 Å². The molecule has 0 bridgehead atoms. The summed E-state index contributed by atoms with van der Waals surface area (Å²) in [7, 11) is 0. The van der Waals surface area contributed by atoms with Crippen LogP contribution < -0.4 is 10.1 Å². The van der Waals surface area contributed by atoms with Crippen molar-refractivity contribution >= 4 is 5.97 Å². The van der Waals surface area contributed by atoms with Gasteiger partial charge >= 0.3 is 5.97 Å². The van der Waals surface area contributed by atoms with E-state index in [0.29, 0.717) is 19.1 Å². The van der Waals surface area contributed by atoms with E-state index in [2.05, 4.69) is 11.4 Å². The minimum absolute atomic E-state index is 0.253. The molecule has 1 heterocycles. The number of cyclic esters (lactones) is 1. The van der Waals surface area contributed by atoms with Crippen LogP contribution in [0.2, 0.25) is 0 Å². The topological polar surface area (TPSA) is 47.6 Å². The number of rotatable bonds is 5. The Morgan fingerprint density at radius 2 is 2.22 bits per heavy atom. The zero-order valence-electron chi connectivity index (χ0n) is 10.2. The number of carbonyl (C=O) groups excluding carboxylic acids is 1. The van der Waals surface area contributed by atoms with Crippen molar-refractivity contribution < 1.29 is 14.3 Å². The van der Waals surface area contributed by atoms with Crippen LogP contribution in [0.1, 0.15) is 24.8 Å². The number of hydrogen-bond acceptors (Lipinski definition) is 4. The summed E-state index contributed by atoms with van der Waals surface area (Å²) in [5, 5.41) is 3.46. The van der Waals surface area contributed by atoms with E-state index in [9.17, 15) is 4.79 Å². The van der Waals surface area contributed by atoms with Crippen molar-refractivity contribution in [1.82, 2.24) is 5.32 Å². The number of nitrogens with one attached hydrogen (secondary N) is 1. The third kappa shape index (κ3) is 2.82. The molecule has 1 saturated carbocycles. The van der Waals surface area contributed by atoms with Crippen LogP contribution in [0, 0.1) is 0 Å². The monoisotopic (exact) mass is 247 g/mol. The summed E-state index contributed by atoms with van der Waals surface area (Å²) < 4.78 is 10.5. The third-order valence-electron chi connectivity index (χ3n) is 3.24. The van der Waals surface area contributed by atoms with Crippen molar-refractivity contribution in [2.45, 2.75) is 38.0 Å². The molecule has 2 aliphatic rings. The first-order chi connectivity index (χ1) is 8.81. The van der Waals surface area contributed by atoms with E-state index < -0.39 is 6.10 Å². The molecule has 0 spiro atoms. The molecule has 1 aliphatic carbocycles. The lowest BCUT2D eigenvalue weighted by Gasteiger charge is -2.11. The molecule has 2 fully saturated rings. The summed E-state index contributed by atoms with van der Waals surface area (Å²) in [5.74, 6) is 0.491. The Labute approximate surface area is 106 Å². The van der Waals surface area contributed by atoms with Crippen molar-refractivity contribution in [3.05, 3.63) is 29.8 Å². The first-order valence-corrected chi connectivity index (χ1v) is 6.47. The minimum atomic E-state index is -0.434. The van der Waals surface area contributed by atoms with E-state index in [1.54, 1.807) is 0 Å². The summed E-state index contributed by atoms with van der Waals surface area (Å²) in [6, 6.07) is 8.58. The summed E-state index contributed by atoms with van der Waals surface area (Å²) >= 11 is 0. The largest absolute Gasteiger partial charge is 0.479 e. The molecule has 0 aromatic heterocycles. The third-order valence-corrected chi connectivity index (χ3v) is 3.24. The van der Waals surface area contributed by atoms with Gasteiger partial charge in [-0.2, -0.15) is 0 Å². The minimum Gasteiger partial charge on any atom is -0.479 e. The van der Waals surface area contributed by atoms with Crippen LogP contribution in [0.15, 0.2) is 24.3 Å². The Morgan fingerprint density at radius 1 is 1.33 bits per heavy atom. The van der Waals surface area contributed by atoms with Crippen LogP contribution in [0.5, 0.6) is 5.75 Å². The van der Waals surface area contributed by atoms with Crippen molar-refractivity contribution in [2.24, 2.45) is 0 Å². The van der Waals surface area contributed by atoms with Gasteiger partial charge in [-0.3, -0.25) is 0 Å². The molecule has 1 aromatic carbocycles. The van der Waals surface area contributed by atoms with Crippen LogP contribution in [0.25, 0.3) is 0 Å². The number of carbonyl (C=O) groups is 1. The number of esters is 1. The van der Waals surface area contributed by atoms with Crippen molar-refractivity contribution in [3.8, 4) is 5.75 Å². The second-order valence-corrected chi connectivity index (χ2v) is 4.87. The maximum absolute atomic E-state index is 11.3. The standard InChI is InChI=1S/C14H17NO3/c16-14-13(6-7-17-14)18-12-3-1-2-10(8-12)9-15-11-4-5-11/h1-3,8,11,13,15H,4-7,9H2. The van der Waals surface area contributed by atoms with Gasteiger partial charge in [0.15, 0.2) is 6.10 Å². The molecular weight excluding hydrogens is 230 g/mol. The summed E-state index contributed by atoms with van der Waals surface area (Å²) in [6.45, 7) is 1.32. The SMILES string of the molecule is O=C1OCCC1Oc1cccc(CNC2CC2)c1. The molecule has 1 saturated heterocycles. The number of benzene rings is 1. The van der Waals surface area contributed by atoms with E-state index >= 15 is 0 Å². The average molecular weight is 247 g/mol. The molecule has 0 amide bonds. The normalized spacial score (nSPS) is 22.9. The molecule has 1 unspecified atom stereocenters. The van der Waals surface area contributed by atoms with E-state index in [1.807, 2.05) is 18.2 Å². The predicted molar refractivity (Wildman–Crippen MR) is 66.3 cm³/mol. The molecule has 0 radical (unpaired) electrons. The molecule has 18 heavy (non-hydrogen) atoms. The van der Waals surface area contributed by atoms with Gasteiger partial charge in [0.1, 0.15) is 5.75 Å². The van der Waals surface area contributed by atoms with Gasteiger partial charge in [0.05, 0.1) is 6.61 Å². The number of ether oxygens (including phenoxy) is 2. The highest BCUT2D eigenvalue weighted by molar-refractivity contribution is 5.76. The first kappa shape index (κ1) is 11.5. The fraction of sp³-hybridized carbons (Fsp3) is 0.500. The van der Waals surface area contributed by atoms with Gasteiger partial charge in [0.25, 0.3) is 0 Å². The van der Waals surface area contributed by atoms with Crippen LogP contribution in [0.4, 0.5) is 0 Å². The fourth-order valence-electron chi connectivity index (χ4n) is 2.03. The highest BCUT2D eigenvalue weighted by atomic mass is 16.6. The number of hydrogen-bond donors (Lipinski definition) is 1. The lowest BCUT2D eigenvalue weighted by Crippen LogP contribution is -2.22. The highest BCUT2D eigenvalue weighted by Crippen LogP contribution is 2.21. The molecule has 3 rings (SSSR count). The Morgan fingerprint density at radius 3 is 2.94 bits per heavy atom. The Hall–Kier alpha value is -1.55. The van der Waals surface area contributed by atoms with Gasteiger partial charge in [-0.25, -0.2) is 4.79 Å². The molecule has 4 heteroatoms. The second kappa shape index (κ2) is 4.98. The average Bonchev–Trinajstić information content (AvgIpc) is 3.13. The zero-order valence-corrected chi connectivity index (χ0v) is 10.2. The molecule has 1 N–H and O–H groups in total. The maximum atomic E-state index is 11.3. The summed E-state index contributed by atoms with van der Waals surface area (Å²) in [6.07, 6.45) is 2.77. The van der Waals surface area contributed by atoms with Gasteiger partial charge in [-0.15, -0.1) is 0 Å². The molecule has 1 aliphatic heterocycles. The van der Waals surface area contributed by atoms with Gasteiger partial charge in [0, 0.05) is 19.0 Å². The van der Waals surface area contributed by atoms with Crippen molar-refractivity contribution in [3.63, 3.8) is 0 Å². The van der Waals surface area contributed by atoms with Crippen molar-refractivity contribution in [2.75, 3.05) is 6.61 Å². The van der Waals surface area contributed by atoms with E-state index in [1.165, 1.54) is 18.4 Å². The van der Waals surface area contributed by atoms with Crippen LogP contribution in [0.3, 0.4) is 0 Å². The Bertz CT molecular complexity index is 442. The van der Waals surface area contributed by atoms with Crippen molar-refractivity contribution in [1.29, 1.82) is 0 Å². The lowest BCUT2D eigenvalue weighted by atomic mass is 10.2. The lowest BCUT2D eigenvalue weighted by molar-refractivity contribution is -0.143. The molecule has 1 aromatic rings. The van der Waals surface area contributed by atoms with E-state index in [0.717, 1.165) is 12.3 Å². The molecule has 1 atom stereocenters. The van der Waals surface area contributed by atoms with Crippen LogP contribution in [-0.4, -0.2) is 24.7 Å². The van der Waals surface area contributed by atoms with E-state index in [4.69, 9.17) is 9.47 Å². The maximum Gasteiger partial charge on any atom is 0.347 e. The molecular formula is C14H17NO3. The van der Waals surface area contributed by atoms with Gasteiger partial charge in [-0.05, 0) is 30.5 Å².